The van der Waals surface area contributed by atoms with E-state index in [4.69, 9.17) is 15.7 Å². The number of nitrogens with zero attached hydrogens (tertiary/aromatic N) is 2. The van der Waals surface area contributed by atoms with Gasteiger partial charge in [-0.1, -0.05) is 72.8 Å². The highest BCUT2D eigenvalue weighted by Crippen LogP contribution is 2.28. The molecule has 1 aromatic heterocycles. The Bertz CT molecular complexity index is 938. The summed E-state index contributed by atoms with van der Waals surface area (Å²) in [5.41, 5.74) is 11.5. The minimum atomic E-state index is 0.708. The monoisotopic (exact) mass is 323 g/mol. The third-order valence-electron chi connectivity index (χ3n) is 4.01. The van der Waals surface area contributed by atoms with Crippen LogP contribution in [0.2, 0.25) is 0 Å². The molecule has 0 radical (unpaired) electrons. The third-order valence-corrected chi connectivity index (χ3v) is 4.01. The van der Waals surface area contributed by atoms with E-state index in [1.54, 1.807) is 0 Å². The number of hydrogen-bond donors (Lipinski definition) is 1. The van der Waals surface area contributed by atoms with E-state index < -0.39 is 0 Å². The lowest BCUT2D eigenvalue weighted by Gasteiger charge is -2.09. The molecule has 0 aliphatic carbocycles. The van der Waals surface area contributed by atoms with Crippen molar-refractivity contribution in [1.82, 2.24) is 9.97 Å². The van der Waals surface area contributed by atoms with E-state index in [0.29, 0.717) is 5.82 Å². The second kappa shape index (κ2) is 6.57. The van der Waals surface area contributed by atoms with Crippen LogP contribution >= 0.6 is 0 Å². The first-order valence-electron chi connectivity index (χ1n) is 8.15. The highest BCUT2D eigenvalue weighted by molar-refractivity contribution is 5.73. The summed E-state index contributed by atoms with van der Waals surface area (Å²) in [5.74, 6) is 0.708. The van der Waals surface area contributed by atoms with Gasteiger partial charge in [0.15, 0.2) is 5.82 Å². The molecule has 0 saturated carbocycles. The van der Waals surface area contributed by atoms with Crippen molar-refractivity contribution in [3.05, 3.63) is 91.0 Å². The van der Waals surface area contributed by atoms with Crippen molar-refractivity contribution in [2.75, 3.05) is 5.73 Å². The molecule has 2 N–H and O–H groups in total. The predicted molar refractivity (Wildman–Crippen MR) is 103 cm³/mol. The second-order valence-electron chi connectivity index (χ2n) is 5.82. The molecule has 0 bridgehead atoms. The standard InChI is InChI=1S/C22H17N3/c23-19-13-7-12-18(14-19)21-15-20(16-8-3-1-4-9-16)24-22(25-21)17-10-5-2-6-11-17/h1-15H,23H2. The maximum atomic E-state index is 5.95. The van der Waals surface area contributed by atoms with Crippen LogP contribution in [0.5, 0.6) is 0 Å². The Morgan fingerprint density at radius 3 is 1.72 bits per heavy atom. The molecule has 4 aromatic rings. The van der Waals surface area contributed by atoms with Gasteiger partial charge in [0, 0.05) is 22.4 Å². The number of nitrogens with two attached hydrogens (primary N) is 1. The first-order valence-corrected chi connectivity index (χ1v) is 8.15. The highest BCUT2D eigenvalue weighted by atomic mass is 14.9. The first kappa shape index (κ1) is 15.1. The molecule has 0 unspecified atom stereocenters. The molecule has 1 heterocycles. The van der Waals surface area contributed by atoms with Gasteiger partial charge < -0.3 is 5.73 Å². The maximum absolute atomic E-state index is 5.95. The molecular weight excluding hydrogens is 306 g/mol. The fraction of sp³-hybridized carbons (Fsp3) is 0. The van der Waals surface area contributed by atoms with Crippen molar-refractivity contribution in [3.8, 4) is 33.9 Å². The topological polar surface area (TPSA) is 51.8 Å². The van der Waals surface area contributed by atoms with Crippen LogP contribution in [0.3, 0.4) is 0 Å². The lowest BCUT2D eigenvalue weighted by atomic mass is 10.1. The molecule has 0 fully saturated rings. The second-order valence-corrected chi connectivity index (χ2v) is 5.82. The van der Waals surface area contributed by atoms with Gasteiger partial charge >= 0.3 is 0 Å². The molecular formula is C22H17N3. The van der Waals surface area contributed by atoms with E-state index in [1.165, 1.54) is 0 Å². The summed E-state index contributed by atoms with van der Waals surface area (Å²) < 4.78 is 0. The summed E-state index contributed by atoms with van der Waals surface area (Å²) in [5, 5.41) is 0. The summed E-state index contributed by atoms with van der Waals surface area (Å²) >= 11 is 0. The lowest BCUT2D eigenvalue weighted by molar-refractivity contribution is 1.18. The SMILES string of the molecule is Nc1cccc(-c2cc(-c3ccccc3)nc(-c3ccccc3)n2)c1. The van der Waals surface area contributed by atoms with E-state index in [1.807, 2.05) is 78.9 Å². The van der Waals surface area contributed by atoms with Crippen LogP contribution in [-0.4, -0.2) is 9.97 Å². The normalized spacial score (nSPS) is 10.6. The third kappa shape index (κ3) is 3.26. The Labute approximate surface area is 146 Å². The Balaban J connectivity index is 1.92. The number of aromatic nitrogens is 2. The van der Waals surface area contributed by atoms with Crippen LogP contribution in [-0.2, 0) is 0 Å². The summed E-state index contributed by atoms with van der Waals surface area (Å²) in [6.07, 6.45) is 0. The number of benzene rings is 3. The largest absolute Gasteiger partial charge is 0.399 e. The number of nitrogen functional groups attached to an aromatic ring is 1. The van der Waals surface area contributed by atoms with Crippen molar-refractivity contribution < 1.29 is 0 Å². The maximum Gasteiger partial charge on any atom is 0.160 e. The fourth-order valence-corrected chi connectivity index (χ4v) is 2.77. The Morgan fingerprint density at radius 2 is 1.08 bits per heavy atom. The van der Waals surface area contributed by atoms with Crippen LogP contribution in [0.15, 0.2) is 91.0 Å². The molecule has 0 aliphatic rings. The van der Waals surface area contributed by atoms with Gasteiger partial charge in [-0.15, -0.1) is 0 Å². The van der Waals surface area contributed by atoms with Crippen LogP contribution in [0, 0.1) is 0 Å². The van der Waals surface area contributed by atoms with E-state index in [2.05, 4.69) is 12.1 Å². The van der Waals surface area contributed by atoms with Crippen LogP contribution in [0.1, 0.15) is 0 Å². The molecule has 25 heavy (non-hydrogen) atoms. The van der Waals surface area contributed by atoms with Crippen LogP contribution < -0.4 is 5.73 Å². The minimum Gasteiger partial charge on any atom is -0.399 e. The summed E-state index contributed by atoms with van der Waals surface area (Å²) in [6.45, 7) is 0. The van der Waals surface area contributed by atoms with Gasteiger partial charge in [-0.2, -0.15) is 0 Å². The van der Waals surface area contributed by atoms with Gasteiger partial charge in [0.2, 0.25) is 0 Å². The summed E-state index contributed by atoms with van der Waals surface area (Å²) in [4.78, 5) is 9.55. The van der Waals surface area contributed by atoms with Crippen molar-refractivity contribution in [2.24, 2.45) is 0 Å². The van der Waals surface area contributed by atoms with Gasteiger partial charge in [0.05, 0.1) is 11.4 Å². The molecule has 0 aliphatic heterocycles. The molecule has 3 heteroatoms. The first-order chi connectivity index (χ1) is 12.3. The number of hydrogen-bond acceptors (Lipinski definition) is 3. The van der Waals surface area contributed by atoms with Crippen molar-refractivity contribution in [3.63, 3.8) is 0 Å². The smallest absolute Gasteiger partial charge is 0.160 e. The van der Waals surface area contributed by atoms with Gasteiger partial charge in [-0.25, -0.2) is 9.97 Å². The molecule has 0 spiro atoms. The zero-order valence-corrected chi connectivity index (χ0v) is 13.6. The Kier molecular flexibility index (Phi) is 3.97. The molecule has 0 saturated heterocycles. The van der Waals surface area contributed by atoms with E-state index in [-0.39, 0.29) is 0 Å². The quantitative estimate of drug-likeness (QED) is 0.536. The van der Waals surface area contributed by atoms with Crippen molar-refractivity contribution in [1.29, 1.82) is 0 Å². The fourth-order valence-electron chi connectivity index (χ4n) is 2.77. The van der Waals surface area contributed by atoms with E-state index >= 15 is 0 Å². The minimum absolute atomic E-state index is 0.708. The van der Waals surface area contributed by atoms with Gasteiger partial charge in [0.25, 0.3) is 0 Å². The van der Waals surface area contributed by atoms with E-state index in [9.17, 15) is 0 Å². The van der Waals surface area contributed by atoms with Crippen LogP contribution in [0.25, 0.3) is 33.9 Å². The van der Waals surface area contributed by atoms with E-state index in [0.717, 1.165) is 33.8 Å². The Hall–Kier alpha value is -3.46. The highest BCUT2D eigenvalue weighted by Gasteiger charge is 2.10. The lowest BCUT2D eigenvalue weighted by Crippen LogP contribution is -1.96. The average Bonchev–Trinajstić information content (AvgIpc) is 2.69. The zero-order chi connectivity index (χ0) is 17.1. The molecule has 4 rings (SSSR count). The molecule has 3 aromatic carbocycles. The van der Waals surface area contributed by atoms with Crippen LogP contribution in [0.4, 0.5) is 5.69 Å². The zero-order valence-electron chi connectivity index (χ0n) is 13.6. The van der Waals surface area contributed by atoms with Gasteiger partial charge in [-0.05, 0) is 18.2 Å². The Morgan fingerprint density at radius 1 is 0.520 bits per heavy atom. The van der Waals surface area contributed by atoms with Crippen molar-refractivity contribution in [2.45, 2.75) is 0 Å². The van der Waals surface area contributed by atoms with Crippen molar-refractivity contribution >= 4 is 5.69 Å². The number of rotatable bonds is 3. The molecule has 0 atom stereocenters. The molecule has 3 nitrogen and oxygen atoms in total. The van der Waals surface area contributed by atoms with Gasteiger partial charge in [-0.3, -0.25) is 0 Å². The molecule has 0 amide bonds. The predicted octanol–water partition coefficient (Wildman–Crippen LogP) is 5.06. The summed E-state index contributed by atoms with van der Waals surface area (Å²) in [7, 11) is 0. The van der Waals surface area contributed by atoms with Gasteiger partial charge in [0.1, 0.15) is 0 Å². The summed E-state index contributed by atoms with van der Waals surface area (Å²) in [6, 6.07) is 29.9. The average molecular weight is 323 g/mol. The number of anilines is 1. The molecule has 120 valence electrons.